The van der Waals surface area contributed by atoms with Crippen molar-refractivity contribution in [2.24, 2.45) is 17.8 Å². The number of alkyl halides is 3. The molecule has 0 spiro atoms. The second kappa shape index (κ2) is 16.3. The predicted molar refractivity (Wildman–Crippen MR) is 216 cm³/mol. The highest BCUT2D eigenvalue weighted by Crippen LogP contribution is 2.48. The molecular formula is C42H56F3N5O9S. The number of rotatable bonds is 11. The molecular weight excluding hydrogens is 808 g/mol. The Hall–Kier alpha value is -4.61. The zero-order valence-electron chi connectivity index (χ0n) is 35.0. The zero-order chi connectivity index (χ0) is 44.2. The summed E-state index contributed by atoms with van der Waals surface area (Å²) in [5.41, 5.74) is -4.19. The maximum Gasteiger partial charge on any atom is 0.408 e. The second-order valence-electron chi connectivity index (χ2n) is 18.0. The largest absolute Gasteiger partial charge is 0.475 e. The van der Waals surface area contributed by atoms with Gasteiger partial charge in [0.1, 0.15) is 40.7 Å². The highest BCUT2D eigenvalue weighted by atomic mass is 32.2. The number of aromatic nitrogens is 1. The van der Waals surface area contributed by atoms with Crippen molar-refractivity contribution in [3.8, 4) is 11.8 Å². The maximum atomic E-state index is 15.4. The van der Waals surface area contributed by atoms with E-state index < -0.39 is 92.3 Å². The number of ether oxygens (including phenoxy) is 2. The number of carboxylic acid groups (broad SMARTS) is 1. The summed E-state index contributed by atoms with van der Waals surface area (Å²) in [5.74, 6) is -7.72. The van der Waals surface area contributed by atoms with E-state index in [4.69, 9.17) is 9.47 Å². The topological polar surface area (TPSA) is 185 Å². The summed E-state index contributed by atoms with van der Waals surface area (Å²) in [6.45, 7) is 8.35. The minimum absolute atomic E-state index is 0.000142. The number of hydrogen-bond donors (Lipinski definition) is 3. The molecule has 2 saturated carbocycles. The summed E-state index contributed by atoms with van der Waals surface area (Å²) >= 11 is 0. The molecule has 7 atom stereocenters. The van der Waals surface area contributed by atoms with Crippen molar-refractivity contribution in [2.75, 3.05) is 13.2 Å². The fraction of sp³-hybridized carbons (Fsp3) is 0.643. The summed E-state index contributed by atoms with van der Waals surface area (Å²) in [7, 11) is -4.48. The molecule has 0 bridgehead atoms. The third-order valence-electron chi connectivity index (χ3n) is 12.7. The van der Waals surface area contributed by atoms with Crippen molar-refractivity contribution < 1.29 is 55.3 Å². The lowest BCUT2D eigenvalue weighted by Crippen LogP contribution is -2.66. The molecule has 3 N–H and O–H groups in total. The number of nitrogens with one attached hydrogen (secondary N) is 2. The lowest BCUT2D eigenvalue weighted by molar-refractivity contribution is -0.156. The highest BCUT2D eigenvalue weighted by molar-refractivity contribution is 7.91. The monoisotopic (exact) mass is 863 g/mol. The van der Waals surface area contributed by atoms with Crippen LogP contribution in [0.3, 0.4) is 0 Å². The van der Waals surface area contributed by atoms with Crippen molar-refractivity contribution in [1.29, 1.82) is 0 Å². The summed E-state index contributed by atoms with van der Waals surface area (Å²) in [5, 5.41) is 14.7. The van der Waals surface area contributed by atoms with Crippen LogP contribution in [-0.2, 0) is 24.4 Å². The van der Waals surface area contributed by atoms with E-state index in [1.54, 1.807) is 37.3 Å². The molecule has 330 valence electrons. The van der Waals surface area contributed by atoms with Crippen LogP contribution in [0.15, 0.2) is 42.5 Å². The number of hydrogen-bond acceptors (Lipinski definition) is 9. The number of halogens is 3. The first-order chi connectivity index (χ1) is 28.0. The quantitative estimate of drug-likeness (QED) is 0.227. The van der Waals surface area contributed by atoms with Gasteiger partial charge in [-0.2, -0.15) is 4.98 Å². The van der Waals surface area contributed by atoms with Crippen LogP contribution in [-0.4, -0.2) is 111 Å². The molecule has 1 saturated heterocycles. The number of benzene rings is 1. The number of pyridine rings is 1. The number of nitrogens with zero attached hydrogens (tertiary/aromatic N) is 3. The van der Waals surface area contributed by atoms with Crippen LogP contribution in [0, 0.1) is 17.8 Å². The molecule has 3 fully saturated rings. The van der Waals surface area contributed by atoms with Crippen molar-refractivity contribution in [3.63, 3.8) is 0 Å². The van der Waals surface area contributed by atoms with E-state index in [9.17, 15) is 32.3 Å². The molecule has 2 aromatic rings. The Bertz CT molecular complexity index is 2140. The van der Waals surface area contributed by atoms with E-state index in [-0.39, 0.29) is 62.4 Å². The smallest absolute Gasteiger partial charge is 0.408 e. The van der Waals surface area contributed by atoms with Crippen LogP contribution in [0.2, 0.25) is 0 Å². The van der Waals surface area contributed by atoms with Gasteiger partial charge < -0.3 is 24.8 Å². The van der Waals surface area contributed by atoms with Crippen molar-refractivity contribution in [2.45, 2.75) is 139 Å². The van der Waals surface area contributed by atoms with Crippen LogP contribution in [0.1, 0.15) is 93.4 Å². The summed E-state index contributed by atoms with van der Waals surface area (Å²) < 4.78 is 83.8. The Morgan fingerprint density at radius 1 is 1.13 bits per heavy atom. The van der Waals surface area contributed by atoms with Gasteiger partial charge in [0.05, 0.1) is 12.6 Å². The Morgan fingerprint density at radius 2 is 1.82 bits per heavy atom. The van der Waals surface area contributed by atoms with Crippen LogP contribution in [0.5, 0.6) is 11.8 Å². The molecule has 1 aromatic heterocycles. The Balaban J connectivity index is 1.43. The second-order valence-corrected chi connectivity index (χ2v) is 20.1. The first-order valence-corrected chi connectivity index (χ1v) is 22.0. The third-order valence-corrected chi connectivity index (χ3v) is 14.8. The summed E-state index contributed by atoms with van der Waals surface area (Å²) in [6.07, 6.45) is 1.66. The predicted octanol–water partition coefficient (Wildman–Crippen LogP) is 5.99. The van der Waals surface area contributed by atoms with Gasteiger partial charge in [-0.3, -0.25) is 24.0 Å². The molecule has 2 aliphatic heterocycles. The average molecular weight is 864 g/mol. The molecule has 4 aliphatic rings. The number of fused-ring (bicyclic) bond motifs is 3. The minimum Gasteiger partial charge on any atom is -0.475 e. The van der Waals surface area contributed by atoms with Gasteiger partial charge in [0, 0.05) is 30.7 Å². The lowest BCUT2D eigenvalue weighted by Gasteiger charge is -2.47. The molecule has 0 unspecified atom stereocenters. The van der Waals surface area contributed by atoms with Crippen LogP contribution >= 0.6 is 0 Å². The number of carbonyl (C=O) groups is 4. The van der Waals surface area contributed by atoms with Crippen LogP contribution in [0.25, 0.3) is 10.8 Å². The first-order valence-electron chi connectivity index (χ1n) is 20.5. The van der Waals surface area contributed by atoms with Gasteiger partial charge in [-0.15, -0.1) is 0 Å². The van der Waals surface area contributed by atoms with Crippen LogP contribution in [0.4, 0.5) is 18.0 Å². The SMILES string of the molecule is CC(C)Oc1cc2ccccc2c(O[C@@H]2C[C@H]3C(=O)N[C@]4(C(=O)NS(=O)(=O)C5(CF)CC5)C[C@H]4C=CCC[C@@H](C)C[C@@H](C)[C@H](N(C(=O)O)C(C)(C)C(C)(F)F)C(=O)N3C2)n1. The molecule has 1 aromatic carbocycles. The maximum absolute atomic E-state index is 15.4. The van der Waals surface area contributed by atoms with E-state index in [1.165, 1.54) is 0 Å². The normalized spacial score (nSPS) is 28.5. The minimum atomic E-state index is -4.48. The highest BCUT2D eigenvalue weighted by Gasteiger charge is 2.64. The number of sulfonamides is 1. The Labute approximate surface area is 348 Å². The van der Waals surface area contributed by atoms with E-state index in [0.717, 1.165) is 24.1 Å². The molecule has 14 nitrogen and oxygen atoms in total. The number of carbonyl (C=O) groups excluding carboxylic acids is 3. The third kappa shape index (κ3) is 8.62. The van der Waals surface area contributed by atoms with Gasteiger partial charge in [-0.1, -0.05) is 44.2 Å². The number of amides is 4. The fourth-order valence-electron chi connectivity index (χ4n) is 8.51. The van der Waals surface area contributed by atoms with Crippen molar-refractivity contribution >= 4 is 44.6 Å². The summed E-state index contributed by atoms with van der Waals surface area (Å²) in [6, 6.07) is 5.78. The molecule has 2 aliphatic carbocycles. The molecule has 4 amide bonds. The van der Waals surface area contributed by atoms with Crippen LogP contribution < -0.4 is 19.5 Å². The zero-order valence-corrected chi connectivity index (χ0v) is 35.9. The molecule has 3 heterocycles. The standard InChI is InChI=1S/C42H56F3N5O9S/c1-24(2)58-32-19-27-13-9-11-15-30(27)35(46-32)59-29-20-31-34(51)47-42(37(53)48-60(56,57)41(23-43)16-17-41)21-28(42)14-10-8-12-25(3)18-26(4)33(36(52)49(31)22-29)50(38(54)55)39(5,6)40(7,44)45/h9-11,13-15,19,24-26,28-29,31,33H,8,12,16-18,20-23H2,1-7H3,(H,47,51)(H,48,53)(H,54,55)/t25-,26-,28-,29-,31+,33+,42-/m1/s1. The van der Waals surface area contributed by atoms with Gasteiger partial charge in [-0.25, -0.2) is 26.4 Å². The van der Waals surface area contributed by atoms with E-state index in [2.05, 4.69) is 10.3 Å². The van der Waals surface area contributed by atoms with Gasteiger partial charge in [0.2, 0.25) is 33.6 Å². The lowest BCUT2D eigenvalue weighted by atomic mass is 9.84. The van der Waals surface area contributed by atoms with Crippen molar-refractivity contribution in [1.82, 2.24) is 24.8 Å². The fourth-order valence-corrected chi connectivity index (χ4v) is 9.93. The average Bonchev–Trinajstić information content (AvgIpc) is 4.05. The van der Waals surface area contributed by atoms with Gasteiger partial charge in [0.25, 0.3) is 11.8 Å². The molecule has 0 radical (unpaired) electrons. The molecule has 18 heteroatoms. The summed E-state index contributed by atoms with van der Waals surface area (Å²) in [4.78, 5) is 63.2. The van der Waals surface area contributed by atoms with E-state index in [0.29, 0.717) is 30.1 Å². The Kier molecular flexibility index (Phi) is 12.2. The van der Waals surface area contributed by atoms with E-state index >= 15 is 13.6 Å². The van der Waals surface area contributed by atoms with Gasteiger partial charge >= 0.3 is 6.09 Å². The molecule has 60 heavy (non-hydrogen) atoms. The van der Waals surface area contributed by atoms with Gasteiger partial charge in [0.15, 0.2) is 0 Å². The van der Waals surface area contributed by atoms with Gasteiger partial charge in [-0.05, 0) is 89.5 Å². The van der Waals surface area contributed by atoms with E-state index in [1.807, 2.05) is 37.6 Å². The first kappa shape index (κ1) is 44.9. The van der Waals surface area contributed by atoms with Crippen molar-refractivity contribution in [3.05, 3.63) is 42.5 Å². The number of allylic oxidation sites excluding steroid dienone is 1. The Morgan fingerprint density at radius 3 is 2.43 bits per heavy atom. The molecule has 6 rings (SSSR count).